The molecule has 6 nitrogen and oxygen atoms in total. The first kappa shape index (κ1) is 9.28. The number of hydrogen-bond acceptors (Lipinski definition) is 4. The van der Waals surface area contributed by atoms with Crippen LogP contribution in [-0.4, -0.2) is 34.8 Å². The summed E-state index contributed by atoms with van der Waals surface area (Å²) in [6.45, 7) is 1.62. The summed E-state index contributed by atoms with van der Waals surface area (Å²) >= 11 is 0. The third-order valence-corrected chi connectivity index (χ3v) is 1.89. The molecule has 1 aliphatic heterocycles. The van der Waals surface area contributed by atoms with Gasteiger partial charge in [-0.1, -0.05) is 5.11 Å². The summed E-state index contributed by atoms with van der Waals surface area (Å²) in [7, 11) is 0. The average molecular weight is 173 g/mol. The molecule has 1 saturated heterocycles. The monoisotopic (exact) mass is 173 g/mol. The quantitative estimate of drug-likeness (QED) is 0.335. The minimum Gasteiger partial charge on any atom is -0.390 e. The predicted molar refractivity (Wildman–Crippen MR) is 40.1 cm³/mol. The SMILES string of the molecule is C[C@@H]1OC(O)C[C@@H](N=[N+]=[N-])[C@H]1O. The molecule has 0 aromatic rings. The third-order valence-electron chi connectivity index (χ3n) is 1.89. The van der Waals surface area contributed by atoms with E-state index in [0.29, 0.717) is 0 Å². The Morgan fingerprint density at radius 3 is 2.83 bits per heavy atom. The standard InChI is InChI=1S/C6H11N3O3/c1-3-6(11)4(8-9-7)2-5(10)12-3/h3-6,10-11H,2H2,1H3/t3-,4+,5?,6-/m0/s1. The van der Waals surface area contributed by atoms with Crippen LogP contribution in [0.4, 0.5) is 0 Å². The Morgan fingerprint density at radius 1 is 1.58 bits per heavy atom. The molecule has 68 valence electrons. The van der Waals surface area contributed by atoms with Gasteiger partial charge in [-0.05, 0) is 12.5 Å². The van der Waals surface area contributed by atoms with E-state index in [9.17, 15) is 5.11 Å². The summed E-state index contributed by atoms with van der Waals surface area (Å²) < 4.78 is 4.90. The van der Waals surface area contributed by atoms with E-state index in [1.54, 1.807) is 6.92 Å². The first-order valence-corrected chi connectivity index (χ1v) is 3.71. The van der Waals surface area contributed by atoms with Gasteiger partial charge in [0, 0.05) is 11.3 Å². The number of nitrogens with zero attached hydrogens (tertiary/aromatic N) is 3. The van der Waals surface area contributed by atoms with E-state index in [0.717, 1.165) is 0 Å². The van der Waals surface area contributed by atoms with Gasteiger partial charge in [0.05, 0.1) is 18.2 Å². The molecule has 0 radical (unpaired) electrons. The smallest absolute Gasteiger partial charge is 0.155 e. The van der Waals surface area contributed by atoms with Crippen LogP contribution >= 0.6 is 0 Å². The first-order valence-electron chi connectivity index (χ1n) is 3.71. The van der Waals surface area contributed by atoms with Crippen molar-refractivity contribution in [2.45, 2.75) is 37.9 Å². The van der Waals surface area contributed by atoms with Gasteiger partial charge in [-0.3, -0.25) is 0 Å². The van der Waals surface area contributed by atoms with Crippen LogP contribution < -0.4 is 0 Å². The van der Waals surface area contributed by atoms with Crippen molar-refractivity contribution in [3.63, 3.8) is 0 Å². The van der Waals surface area contributed by atoms with Crippen molar-refractivity contribution in [3.8, 4) is 0 Å². The molecule has 0 bridgehead atoms. The van der Waals surface area contributed by atoms with Crippen LogP contribution in [0.5, 0.6) is 0 Å². The highest BCUT2D eigenvalue weighted by Gasteiger charge is 2.33. The van der Waals surface area contributed by atoms with Gasteiger partial charge in [0.1, 0.15) is 0 Å². The van der Waals surface area contributed by atoms with Gasteiger partial charge in [0.25, 0.3) is 0 Å². The lowest BCUT2D eigenvalue weighted by atomic mass is 10.0. The van der Waals surface area contributed by atoms with Crippen LogP contribution in [0.2, 0.25) is 0 Å². The molecule has 1 rings (SSSR count). The Bertz CT molecular complexity index is 204. The molecule has 0 amide bonds. The summed E-state index contributed by atoms with van der Waals surface area (Å²) in [5.74, 6) is 0. The largest absolute Gasteiger partial charge is 0.390 e. The van der Waals surface area contributed by atoms with Gasteiger partial charge >= 0.3 is 0 Å². The van der Waals surface area contributed by atoms with Crippen LogP contribution in [0.25, 0.3) is 10.4 Å². The van der Waals surface area contributed by atoms with Gasteiger partial charge in [-0.15, -0.1) is 0 Å². The number of azide groups is 1. The van der Waals surface area contributed by atoms with Crippen molar-refractivity contribution >= 4 is 0 Å². The van der Waals surface area contributed by atoms with E-state index in [2.05, 4.69) is 10.0 Å². The molecule has 1 heterocycles. The van der Waals surface area contributed by atoms with E-state index >= 15 is 0 Å². The zero-order valence-electron chi connectivity index (χ0n) is 6.66. The molecule has 1 aliphatic rings. The number of rotatable bonds is 1. The third kappa shape index (κ3) is 1.86. The number of hydrogen-bond donors (Lipinski definition) is 2. The number of ether oxygens (including phenoxy) is 1. The minimum absolute atomic E-state index is 0.148. The van der Waals surface area contributed by atoms with E-state index in [4.69, 9.17) is 15.4 Å². The van der Waals surface area contributed by atoms with Crippen molar-refractivity contribution in [1.82, 2.24) is 0 Å². The average Bonchev–Trinajstić information content (AvgIpc) is 2.00. The maximum absolute atomic E-state index is 9.39. The predicted octanol–water partition coefficient (Wildman–Crippen LogP) is 0.153. The lowest BCUT2D eigenvalue weighted by molar-refractivity contribution is -0.198. The fourth-order valence-corrected chi connectivity index (χ4v) is 1.22. The normalized spacial score (nSPS) is 41.9. The molecule has 0 saturated carbocycles. The van der Waals surface area contributed by atoms with Gasteiger partial charge in [-0.25, -0.2) is 0 Å². The molecule has 2 N–H and O–H groups in total. The molecule has 12 heavy (non-hydrogen) atoms. The Morgan fingerprint density at radius 2 is 2.25 bits per heavy atom. The zero-order chi connectivity index (χ0) is 9.14. The van der Waals surface area contributed by atoms with Crippen molar-refractivity contribution in [3.05, 3.63) is 10.4 Å². The summed E-state index contributed by atoms with van der Waals surface area (Å²) in [5.41, 5.74) is 8.13. The fraction of sp³-hybridized carbons (Fsp3) is 1.00. The van der Waals surface area contributed by atoms with Gasteiger partial charge in [0.2, 0.25) is 0 Å². The first-order chi connectivity index (χ1) is 5.65. The Hall–Kier alpha value is -0.810. The highest BCUT2D eigenvalue weighted by molar-refractivity contribution is 4.85. The second kappa shape index (κ2) is 3.73. The van der Waals surface area contributed by atoms with E-state index < -0.39 is 24.5 Å². The van der Waals surface area contributed by atoms with Gasteiger partial charge < -0.3 is 14.9 Å². The Kier molecular flexibility index (Phi) is 2.88. The van der Waals surface area contributed by atoms with Crippen LogP contribution in [0.15, 0.2) is 5.11 Å². The highest BCUT2D eigenvalue weighted by Crippen LogP contribution is 2.21. The summed E-state index contributed by atoms with van der Waals surface area (Å²) in [4.78, 5) is 2.58. The Balaban J connectivity index is 2.65. The summed E-state index contributed by atoms with van der Waals surface area (Å²) in [6, 6.07) is -0.589. The molecule has 1 fully saturated rings. The summed E-state index contributed by atoms with van der Waals surface area (Å²) in [5, 5.41) is 21.8. The lowest BCUT2D eigenvalue weighted by Gasteiger charge is -2.33. The molecular formula is C6H11N3O3. The van der Waals surface area contributed by atoms with Gasteiger partial charge in [-0.2, -0.15) is 0 Å². The second-order valence-corrected chi connectivity index (χ2v) is 2.79. The van der Waals surface area contributed by atoms with Crippen molar-refractivity contribution in [2.75, 3.05) is 0 Å². The van der Waals surface area contributed by atoms with Crippen molar-refractivity contribution in [2.24, 2.45) is 5.11 Å². The maximum Gasteiger partial charge on any atom is 0.155 e. The minimum atomic E-state index is -0.945. The number of aliphatic hydroxyl groups excluding tert-OH is 2. The van der Waals surface area contributed by atoms with Crippen LogP contribution in [0, 0.1) is 0 Å². The molecule has 6 heteroatoms. The second-order valence-electron chi connectivity index (χ2n) is 2.79. The van der Waals surface area contributed by atoms with E-state index in [1.807, 2.05) is 0 Å². The molecule has 4 atom stereocenters. The summed E-state index contributed by atoms with van der Waals surface area (Å²) in [6.07, 6.45) is -2.12. The van der Waals surface area contributed by atoms with Crippen molar-refractivity contribution in [1.29, 1.82) is 0 Å². The van der Waals surface area contributed by atoms with Crippen LogP contribution in [0.1, 0.15) is 13.3 Å². The maximum atomic E-state index is 9.39. The van der Waals surface area contributed by atoms with Crippen molar-refractivity contribution < 1.29 is 14.9 Å². The van der Waals surface area contributed by atoms with E-state index in [-0.39, 0.29) is 6.42 Å². The Labute approximate surface area is 69.4 Å². The highest BCUT2D eigenvalue weighted by atomic mass is 16.6. The topological polar surface area (TPSA) is 98.5 Å². The molecule has 0 aliphatic carbocycles. The van der Waals surface area contributed by atoms with Gasteiger partial charge in [0.15, 0.2) is 6.29 Å². The molecular weight excluding hydrogens is 162 g/mol. The van der Waals surface area contributed by atoms with Crippen LogP contribution in [-0.2, 0) is 4.74 Å². The molecule has 1 unspecified atom stereocenters. The fourth-order valence-electron chi connectivity index (χ4n) is 1.22. The van der Waals surface area contributed by atoms with E-state index in [1.165, 1.54) is 0 Å². The molecule has 0 aromatic carbocycles. The van der Waals surface area contributed by atoms with Crippen LogP contribution in [0.3, 0.4) is 0 Å². The zero-order valence-corrected chi connectivity index (χ0v) is 6.66. The lowest BCUT2D eigenvalue weighted by Crippen LogP contribution is -2.45. The molecule has 0 aromatic heterocycles. The molecule has 0 spiro atoms. The number of aliphatic hydroxyl groups is 2.